The van der Waals surface area contributed by atoms with E-state index in [9.17, 15) is 4.39 Å². The Hall–Kier alpha value is -3.85. The van der Waals surface area contributed by atoms with Crippen molar-refractivity contribution in [1.29, 1.82) is 0 Å². The summed E-state index contributed by atoms with van der Waals surface area (Å²) in [5, 5.41) is 11.2. The zero-order valence-electron chi connectivity index (χ0n) is 18.6. The van der Waals surface area contributed by atoms with Gasteiger partial charge in [-0.3, -0.25) is 4.98 Å². The van der Waals surface area contributed by atoms with Crippen molar-refractivity contribution in [2.45, 2.75) is 33.0 Å². The number of anilines is 3. The minimum atomic E-state index is -0.264. The van der Waals surface area contributed by atoms with Crippen LogP contribution >= 0.6 is 0 Å². The van der Waals surface area contributed by atoms with E-state index in [1.807, 2.05) is 31.3 Å². The first-order valence-electron chi connectivity index (χ1n) is 10.8. The van der Waals surface area contributed by atoms with Gasteiger partial charge in [-0.15, -0.1) is 0 Å². The number of nitrogens with one attached hydrogen (secondary N) is 2. The van der Waals surface area contributed by atoms with E-state index in [1.165, 1.54) is 12.1 Å². The van der Waals surface area contributed by atoms with Gasteiger partial charge < -0.3 is 15.4 Å². The Morgan fingerprint density at radius 3 is 2.64 bits per heavy atom. The molecule has 3 heterocycles. The highest BCUT2D eigenvalue weighted by Crippen LogP contribution is 2.27. The average molecular weight is 448 g/mol. The third-order valence-electron chi connectivity index (χ3n) is 4.89. The SMILES string of the molecule is CCCOCn1ccc(-c2cc(Nc3cnccn3)nc(N[C@@H](C)c3ccc(F)cc3)c2)n1. The number of pyridine rings is 1. The Bertz CT molecular complexity index is 1170. The zero-order chi connectivity index (χ0) is 23.0. The lowest BCUT2D eigenvalue weighted by molar-refractivity contribution is 0.0695. The Labute approximate surface area is 191 Å². The van der Waals surface area contributed by atoms with Gasteiger partial charge in [-0.1, -0.05) is 19.1 Å². The van der Waals surface area contributed by atoms with E-state index in [2.05, 4.69) is 37.6 Å². The van der Waals surface area contributed by atoms with Crippen LogP contribution < -0.4 is 10.6 Å². The molecule has 1 atom stereocenters. The molecule has 170 valence electrons. The van der Waals surface area contributed by atoms with E-state index in [0.29, 0.717) is 30.8 Å². The number of aromatic nitrogens is 5. The molecule has 0 saturated carbocycles. The van der Waals surface area contributed by atoms with Gasteiger partial charge in [0.2, 0.25) is 0 Å². The molecule has 1 aromatic carbocycles. The van der Waals surface area contributed by atoms with Crippen LogP contribution in [0.15, 0.2) is 67.3 Å². The van der Waals surface area contributed by atoms with Crippen LogP contribution in [0, 0.1) is 5.82 Å². The Morgan fingerprint density at radius 2 is 1.88 bits per heavy atom. The number of ether oxygens (including phenoxy) is 1. The molecule has 0 aliphatic carbocycles. The molecule has 2 N–H and O–H groups in total. The molecule has 33 heavy (non-hydrogen) atoms. The number of halogens is 1. The van der Waals surface area contributed by atoms with E-state index < -0.39 is 0 Å². The summed E-state index contributed by atoms with van der Waals surface area (Å²) in [6.07, 6.45) is 7.69. The first-order valence-corrected chi connectivity index (χ1v) is 10.8. The molecular formula is C24H26FN7O. The van der Waals surface area contributed by atoms with Crippen LogP contribution in [0.3, 0.4) is 0 Å². The fraction of sp³-hybridized carbons (Fsp3) is 0.250. The summed E-state index contributed by atoms with van der Waals surface area (Å²) >= 11 is 0. The van der Waals surface area contributed by atoms with Crippen molar-refractivity contribution in [3.63, 3.8) is 0 Å². The number of benzene rings is 1. The fourth-order valence-electron chi connectivity index (χ4n) is 3.26. The molecule has 0 bridgehead atoms. The monoisotopic (exact) mass is 447 g/mol. The highest BCUT2D eigenvalue weighted by molar-refractivity contribution is 5.69. The van der Waals surface area contributed by atoms with Crippen molar-refractivity contribution in [3.8, 4) is 11.3 Å². The standard InChI is InChI=1S/C24H26FN7O/c1-3-12-33-16-32-11-8-21(31-32)19-13-22(28-17(2)18-4-6-20(25)7-5-18)29-23(14-19)30-24-15-26-9-10-27-24/h4-11,13-15,17H,3,12,16H2,1-2H3,(H2,27,28,29,30)/t17-/m0/s1. The molecule has 4 aromatic rings. The van der Waals surface area contributed by atoms with Crippen molar-refractivity contribution in [1.82, 2.24) is 24.7 Å². The van der Waals surface area contributed by atoms with E-state index in [1.54, 1.807) is 35.4 Å². The van der Waals surface area contributed by atoms with Gasteiger partial charge in [-0.25, -0.2) is 19.0 Å². The summed E-state index contributed by atoms with van der Waals surface area (Å²) in [5.74, 6) is 1.56. The summed E-state index contributed by atoms with van der Waals surface area (Å²) in [6, 6.07) is 12.1. The minimum Gasteiger partial charge on any atom is -0.363 e. The molecule has 0 aliphatic rings. The molecule has 0 amide bonds. The lowest BCUT2D eigenvalue weighted by Gasteiger charge is -2.17. The lowest BCUT2D eigenvalue weighted by atomic mass is 10.1. The molecule has 4 rings (SSSR count). The fourth-order valence-corrected chi connectivity index (χ4v) is 3.26. The van der Waals surface area contributed by atoms with Crippen LogP contribution in [0.5, 0.6) is 0 Å². The van der Waals surface area contributed by atoms with Crippen molar-refractivity contribution < 1.29 is 9.13 Å². The smallest absolute Gasteiger partial charge is 0.150 e. The largest absolute Gasteiger partial charge is 0.363 e. The highest BCUT2D eigenvalue weighted by atomic mass is 19.1. The number of rotatable bonds is 10. The van der Waals surface area contributed by atoms with Gasteiger partial charge in [-0.05, 0) is 49.2 Å². The second kappa shape index (κ2) is 10.6. The van der Waals surface area contributed by atoms with Gasteiger partial charge in [0.25, 0.3) is 0 Å². The summed E-state index contributed by atoms with van der Waals surface area (Å²) in [4.78, 5) is 13.0. The van der Waals surface area contributed by atoms with E-state index >= 15 is 0 Å². The predicted octanol–water partition coefficient (Wildman–Crippen LogP) is 5.18. The van der Waals surface area contributed by atoms with Gasteiger partial charge in [0.15, 0.2) is 0 Å². The zero-order valence-corrected chi connectivity index (χ0v) is 18.6. The van der Waals surface area contributed by atoms with Crippen molar-refractivity contribution >= 4 is 17.5 Å². The Balaban J connectivity index is 1.61. The minimum absolute atomic E-state index is 0.0854. The average Bonchev–Trinajstić information content (AvgIpc) is 3.29. The van der Waals surface area contributed by atoms with Gasteiger partial charge >= 0.3 is 0 Å². The first-order chi connectivity index (χ1) is 16.1. The molecule has 0 unspecified atom stereocenters. The van der Waals surface area contributed by atoms with Gasteiger partial charge in [0, 0.05) is 36.8 Å². The first kappa shape index (κ1) is 22.3. The number of nitrogens with zero attached hydrogens (tertiary/aromatic N) is 5. The van der Waals surface area contributed by atoms with Crippen LogP contribution in [-0.4, -0.2) is 31.3 Å². The third kappa shape index (κ3) is 6.11. The van der Waals surface area contributed by atoms with Crippen molar-refractivity contribution in [3.05, 3.63) is 78.6 Å². The van der Waals surface area contributed by atoms with Crippen LogP contribution in [0.1, 0.15) is 31.9 Å². The maximum atomic E-state index is 13.3. The van der Waals surface area contributed by atoms with E-state index in [0.717, 1.165) is 23.2 Å². The summed E-state index contributed by atoms with van der Waals surface area (Å²) in [6.45, 7) is 5.15. The molecule has 0 spiro atoms. The maximum Gasteiger partial charge on any atom is 0.150 e. The van der Waals surface area contributed by atoms with Gasteiger partial charge in [0.1, 0.15) is 30.0 Å². The molecule has 8 nitrogen and oxygen atoms in total. The normalized spacial score (nSPS) is 11.8. The molecular weight excluding hydrogens is 421 g/mol. The Kier molecular flexibility index (Phi) is 7.21. The molecule has 0 fully saturated rings. The molecule has 0 radical (unpaired) electrons. The van der Waals surface area contributed by atoms with E-state index in [-0.39, 0.29) is 11.9 Å². The summed E-state index contributed by atoms with van der Waals surface area (Å²) in [5.41, 5.74) is 2.61. The van der Waals surface area contributed by atoms with Crippen LogP contribution in [0.25, 0.3) is 11.3 Å². The van der Waals surface area contributed by atoms with Gasteiger partial charge in [0.05, 0.1) is 11.9 Å². The molecule has 0 saturated heterocycles. The second-order valence-corrected chi connectivity index (χ2v) is 7.54. The second-order valence-electron chi connectivity index (χ2n) is 7.54. The quantitative estimate of drug-likeness (QED) is 0.324. The topological polar surface area (TPSA) is 89.8 Å². The van der Waals surface area contributed by atoms with Crippen LogP contribution in [-0.2, 0) is 11.5 Å². The van der Waals surface area contributed by atoms with Crippen molar-refractivity contribution in [2.24, 2.45) is 0 Å². The Morgan fingerprint density at radius 1 is 1.06 bits per heavy atom. The lowest BCUT2D eigenvalue weighted by Crippen LogP contribution is -2.09. The van der Waals surface area contributed by atoms with Crippen molar-refractivity contribution in [2.75, 3.05) is 17.2 Å². The third-order valence-corrected chi connectivity index (χ3v) is 4.89. The summed E-state index contributed by atoms with van der Waals surface area (Å²) in [7, 11) is 0. The van der Waals surface area contributed by atoms with Crippen LogP contribution in [0.2, 0.25) is 0 Å². The number of hydrogen-bond donors (Lipinski definition) is 2. The van der Waals surface area contributed by atoms with E-state index in [4.69, 9.17) is 4.74 Å². The number of hydrogen-bond acceptors (Lipinski definition) is 7. The molecule has 3 aromatic heterocycles. The van der Waals surface area contributed by atoms with Gasteiger partial charge in [-0.2, -0.15) is 5.10 Å². The summed E-state index contributed by atoms with van der Waals surface area (Å²) < 4.78 is 20.6. The predicted molar refractivity (Wildman–Crippen MR) is 125 cm³/mol. The highest BCUT2D eigenvalue weighted by Gasteiger charge is 2.12. The van der Waals surface area contributed by atoms with Crippen LogP contribution in [0.4, 0.5) is 21.8 Å². The maximum absolute atomic E-state index is 13.3. The molecule has 9 heteroatoms. The molecule has 0 aliphatic heterocycles.